The monoisotopic (exact) mass is 347 g/mol. The van der Waals surface area contributed by atoms with Crippen molar-refractivity contribution in [1.82, 2.24) is 0 Å². The molecule has 0 amide bonds. The number of carboxylic acid groups (broad SMARTS) is 4. The topological polar surface area (TPSA) is 247 Å². The van der Waals surface area contributed by atoms with Gasteiger partial charge in [-0.3, -0.25) is 19.2 Å². The minimum atomic E-state index is -0.833. The average molecular weight is 347 g/mol. The zero-order chi connectivity index (χ0) is 20.4. The second-order valence-corrected chi connectivity index (χ2v) is 2.84. The second-order valence-electron chi connectivity index (χ2n) is 2.84. The lowest BCUT2D eigenvalue weighted by Gasteiger charge is -1.72. The SMILES string of the molecule is CC(=O)O.CC(=O)O.CC(=O)O.CC(=O)O.NCCN.NCO. The lowest BCUT2D eigenvalue weighted by molar-refractivity contribution is -0.135. The number of hydrogen-bond donors (Lipinski definition) is 8. The Labute approximate surface area is 134 Å². The molecular weight excluding hydrogens is 318 g/mol. The molecule has 0 atom stereocenters. The number of aliphatic carboxylic acids is 4. The van der Waals surface area contributed by atoms with Gasteiger partial charge in [-0.15, -0.1) is 0 Å². The maximum atomic E-state index is 9.00. The summed E-state index contributed by atoms with van der Waals surface area (Å²) < 4.78 is 0. The number of carboxylic acids is 4. The van der Waals surface area contributed by atoms with Crippen molar-refractivity contribution < 1.29 is 44.7 Å². The van der Waals surface area contributed by atoms with E-state index in [0.717, 1.165) is 27.7 Å². The van der Waals surface area contributed by atoms with Gasteiger partial charge in [-0.25, -0.2) is 0 Å². The van der Waals surface area contributed by atoms with Gasteiger partial charge < -0.3 is 42.7 Å². The first-order valence-corrected chi connectivity index (χ1v) is 5.75. The largest absolute Gasteiger partial charge is 0.481 e. The molecule has 0 aromatic rings. The Morgan fingerprint density at radius 1 is 0.609 bits per heavy atom. The molecule has 0 fully saturated rings. The third kappa shape index (κ3) is 3780. The van der Waals surface area contributed by atoms with Crippen LogP contribution in [-0.4, -0.2) is 69.2 Å². The molecule has 0 radical (unpaired) electrons. The van der Waals surface area contributed by atoms with Gasteiger partial charge in [0.05, 0.1) is 6.73 Å². The molecular formula is C11H29N3O9. The minimum Gasteiger partial charge on any atom is -0.481 e. The van der Waals surface area contributed by atoms with Crippen molar-refractivity contribution in [3.63, 3.8) is 0 Å². The quantitative estimate of drug-likeness (QED) is 0.244. The van der Waals surface area contributed by atoms with E-state index < -0.39 is 23.9 Å². The van der Waals surface area contributed by atoms with Gasteiger partial charge in [0.25, 0.3) is 23.9 Å². The fraction of sp³-hybridized carbons (Fsp3) is 0.636. The number of hydrogen-bond acceptors (Lipinski definition) is 8. The summed E-state index contributed by atoms with van der Waals surface area (Å²) in [6.07, 6.45) is 0. The molecule has 0 saturated heterocycles. The van der Waals surface area contributed by atoms with E-state index in [-0.39, 0.29) is 6.73 Å². The molecule has 0 aliphatic carbocycles. The number of nitrogens with two attached hydrogens (primary N) is 3. The van der Waals surface area contributed by atoms with Crippen LogP contribution in [0.1, 0.15) is 27.7 Å². The molecule has 0 aromatic heterocycles. The summed E-state index contributed by atoms with van der Waals surface area (Å²) in [7, 11) is 0. The lowest BCUT2D eigenvalue weighted by Crippen LogP contribution is -2.11. The number of rotatable bonds is 1. The predicted octanol–water partition coefficient (Wildman–Crippen LogP) is -1.84. The van der Waals surface area contributed by atoms with Crippen LogP contribution in [0.4, 0.5) is 0 Å². The highest BCUT2D eigenvalue weighted by molar-refractivity contribution is 5.63. The summed E-state index contributed by atoms with van der Waals surface area (Å²) >= 11 is 0. The maximum Gasteiger partial charge on any atom is 0.300 e. The Balaban J connectivity index is -0.0000000378. The fourth-order valence-corrected chi connectivity index (χ4v) is 0. The second kappa shape index (κ2) is 42.7. The Bertz CT molecular complexity index is 207. The first-order valence-electron chi connectivity index (χ1n) is 5.75. The molecule has 0 rings (SSSR count). The first kappa shape index (κ1) is 37.2. The van der Waals surface area contributed by atoms with E-state index in [9.17, 15) is 0 Å². The van der Waals surface area contributed by atoms with Crippen LogP contribution in [0.25, 0.3) is 0 Å². The molecule has 0 saturated carbocycles. The van der Waals surface area contributed by atoms with Gasteiger partial charge >= 0.3 is 0 Å². The van der Waals surface area contributed by atoms with Crippen molar-refractivity contribution in [3.05, 3.63) is 0 Å². The van der Waals surface area contributed by atoms with Crippen LogP contribution in [0, 0.1) is 0 Å². The van der Waals surface area contributed by atoms with Gasteiger partial charge in [0.15, 0.2) is 0 Å². The van der Waals surface area contributed by atoms with Crippen LogP contribution in [0.5, 0.6) is 0 Å². The third-order valence-electron chi connectivity index (χ3n) is 0.167. The maximum absolute atomic E-state index is 9.00. The Kier molecular flexibility index (Phi) is 69.1. The Morgan fingerprint density at radius 2 is 0.652 bits per heavy atom. The van der Waals surface area contributed by atoms with Crippen LogP contribution in [0.15, 0.2) is 0 Å². The molecule has 12 nitrogen and oxygen atoms in total. The fourth-order valence-electron chi connectivity index (χ4n) is 0. The zero-order valence-corrected chi connectivity index (χ0v) is 13.7. The van der Waals surface area contributed by atoms with Crippen LogP contribution in [-0.2, 0) is 19.2 Å². The normalized spacial score (nSPS) is 6.43. The molecule has 0 spiro atoms. The van der Waals surface area contributed by atoms with Crippen molar-refractivity contribution in [2.45, 2.75) is 27.7 Å². The van der Waals surface area contributed by atoms with Gasteiger partial charge in [-0.2, -0.15) is 0 Å². The highest BCUT2D eigenvalue weighted by Gasteiger charge is 1.66. The van der Waals surface area contributed by atoms with E-state index in [1.54, 1.807) is 0 Å². The highest BCUT2D eigenvalue weighted by Crippen LogP contribution is 1.43. The smallest absolute Gasteiger partial charge is 0.300 e. The van der Waals surface area contributed by atoms with E-state index in [2.05, 4.69) is 5.73 Å². The first-order chi connectivity index (χ1) is 10.3. The van der Waals surface area contributed by atoms with E-state index in [0.29, 0.717) is 13.1 Å². The number of carbonyl (C=O) groups is 4. The van der Waals surface area contributed by atoms with E-state index in [1.165, 1.54) is 0 Å². The molecule has 12 heteroatoms. The molecule has 23 heavy (non-hydrogen) atoms. The summed E-state index contributed by atoms with van der Waals surface area (Å²) in [6.45, 7) is 5.28. The van der Waals surface area contributed by atoms with E-state index >= 15 is 0 Å². The molecule has 0 bridgehead atoms. The van der Waals surface area contributed by atoms with Crippen molar-refractivity contribution in [3.8, 4) is 0 Å². The van der Waals surface area contributed by atoms with Crippen LogP contribution in [0.2, 0.25) is 0 Å². The molecule has 11 N–H and O–H groups in total. The van der Waals surface area contributed by atoms with Crippen molar-refractivity contribution in [2.75, 3.05) is 19.8 Å². The summed E-state index contributed by atoms with van der Waals surface area (Å²) in [5, 5.41) is 37.0. The molecule has 0 heterocycles. The summed E-state index contributed by atoms with van der Waals surface area (Å²) in [5.41, 5.74) is 14.2. The predicted molar refractivity (Wildman–Crippen MR) is 82.6 cm³/mol. The van der Waals surface area contributed by atoms with Gasteiger partial charge in [-0.1, -0.05) is 0 Å². The molecule has 142 valence electrons. The average Bonchev–Trinajstić information content (AvgIpc) is 2.26. The Hall–Kier alpha value is -2.28. The van der Waals surface area contributed by atoms with Crippen molar-refractivity contribution in [2.24, 2.45) is 17.2 Å². The number of aliphatic hydroxyl groups excluding tert-OH is 1. The third-order valence-corrected chi connectivity index (χ3v) is 0.167. The molecule has 0 aromatic carbocycles. The van der Waals surface area contributed by atoms with Gasteiger partial charge in [0.2, 0.25) is 0 Å². The summed E-state index contributed by atoms with van der Waals surface area (Å²) in [6, 6.07) is 0. The highest BCUT2D eigenvalue weighted by atomic mass is 16.4. The van der Waals surface area contributed by atoms with Gasteiger partial charge in [0.1, 0.15) is 0 Å². The van der Waals surface area contributed by atoms with E-state index in [4.69, 9.17) is 56.2 Å². The van der Waals surface area contributed by atoms with Gasteiger partial charge in [0, 0.05) is 40.8 Å². The lowest BCUT2D eigenvalue weighted by atomic mass is 10.7. The van der Waals surface area contributed by atoms with Crippen molar-refractivity contribution >= 4 is 23.9 Å². The molecule has 0 aliphatic heterocycles. The van der Waals surface area contributed by atoms with Crippen molar-refractivity contribution in [1.29, 1.82) is 0 Å². The summed E-state index contributed by atoms with van der Waals surface area (Å²) in [5.74, 6) is -3.33. The molecule has 0 unspecified atom stereocenters. The van der Waals surface area contributed by atoms with Crippen LogP contribution in [0.3, 0.4) is 0 Å². The van der Waals surface area contributed by atoms with Gasteiger partial charge in [-0.05, 0) is 0 Å². The summed E-state index contributed by atoms with van der Waals surface area (Å²) in [4.78, 5) is 36.0. The zero-order valence-electron chi connectivity index (χ0n) is 13.7. The molecule has 0 aliphatic rings. The standard InChI is InChI=1S/C2H8N2.4C2H4O2.CH5NO/c3-1-2-4;4*1-2(3)4;2-1-3/h1-4H2;4*1H3,(H,3,4);3H,1-2H2. The van der Waals surface area contributed by atoms with E-state index in [1.807, 2.05) is 0 Å². The minimum absolute atomic E-state index is 0.250. The Morgan fingerprint density at radius 3 is 0.652 bits per heavy atom. The number of aliphatic hydroxyl groups is 1. The van der Waals surface area contributed by atoms with Crippen LogP contribution >= 0.6 is 0 Å². The van der Waals surface area contributed by atoms with Crippen LogP contribution < -0.4 is 17.2 Å².